The second-order valence-electron chi connectivity index (χ2n) is 12.6. The topological polar surface area (TPSA) is 37.6 Å². The van der Waals surface area contributed by atoms with E-state index in [1.807, 2.05) is 0 Å². The van der Waals surface area contributed by atoms with Crippen LogP contribution in [0.5, 0.6) is 0 Å². The standard InChI is InChI=1S/C40H57N3.3ClH.Co/c1-10-14-18-33-22-28(5)23-34(19-15-11-2)39(33)41-31(8)37-26-30(7)27-38(43-37)32(9)42-40-35(20-16-12-3)24-29(6)25-36(40)21-17-13-4;;;;/h22-27H,10-21H2,1-9H3;3*1H;/q;;;;+3/p-3. The molecule has 0 aliphatic rings. The third-order valence-corrected chi connectivity index (χ3v) is 8.29. The SMILES string of the molecule is CCCCc1cc(C)cc(CCCC)c1N=C(C)c1cc(C)cc(C(C)=Nc2c(CCCC)cc(C)cc2CCCC)n1.[Cl-].[Cl-].[Cl-].[Co+3]. The second-order valence-corrected chi connectivity index (χ2v) is 12.6. The first-order valence-electron chi connectivity index (χ1n) is 17.0. The van der Waals surface area contributed by atoms with E-state index in [9.17, 15) is 0 Å². The van der Waals surface area contributed by atoms with Crippen molar-refractivity contribution in [1.29, 1.82) is 0 Å². The van der Waals surface area contributed by atoms with E-state index in [2.05, 4.69) is 98.7 Å². The summed E-state index contributed by atoms with van der Waals surface area (Å²) in [4.78, 5) is 15.8. The first kappa shape index (κ1) is 47.4. The molecular formula is C40H57Cl3CoN3. The van der Waals surface area contributed by atoms with Crippen molar-refractivity contribution in [2.24, 2.45) is 9.98 Å². The van der Waals surface area contributed by atoms with Gasteiger partial charge in [0.2, 0.25) is 0 Å². The molecule has 0 aliphatic heterocycles. The zero-order valence-electron chi connectivity index (χ0n) is 30.3. The number of pyridine rings is 1. The fourth-order valence-corrected chi connectivity index (χ4v) is 5.87. The summed E-state index contributed by atoms with van der Waals surface area (Å²) < 4.78 is 0. The number of hydrogen-bond acceptors (Lipinski definition) is 3. The van der Waals surface area contributed by atoms with Crippen LogP contribution in [0.3, 0.4) is 0 Å². The molecule has 0 saturated heterocycles. The Labute approximate surface area is 316 Å². The number of benzene rings is 2. The molecule has 0 amide bonds. The van der Waals surface area contributed by atoms with Crippen molar-refractivity contribution in [2.45, 2.75) is 139 Å². The van der Waals surface area contributed by atoms with Crippen LogP contribution >= 0.6 is 0 Å². The van der Waals surface area contributed by atoms with E-state index < -0.39 is 0 Å². The minimum absolute atomic E-state index is 0. The van der Waals surface area contributed by atoms with Crippen molar-refractivity contribution in [2.75, 3.05) is 0 Å². The average molecular weight is 745 g/mol. The maximum Gasteiger partial charge on any atom is 3.00 e. The number of nitrogens with zero attached hydrogens (tertiary/aromatic N) is 3. The van der Waals surface area contributed by atoms with E-state index in [1.54, 1.807) is 0 Å². The zero-order chi connectivity index (χ0) is 31.4. The summed E-state index contributed by atoms with van der Waals surface area (Å²) in [6.07, 6.45) is 13.7. The van der Waals surface area contributed by atoms with Crippen molar-refractivity contribution in [1.82, 2.24) is 4.98 Å². The smallest absolute Gasteiger partial charge is 1.00 e. The molecule has 262 valence electrons. The van der Waals surface area contributed by atoms with E-state index in [0.717, 1.165) is 48.5 Å². The zero-order valence-corrected chi connectivity index (χ0v) is 33.6. The number of rotatable bonds is 16. The third-order valence-electron chi connectivity index (χ3n) is 8.29. The molecule has 1 aromatic heterocycles. The van der Waals surface area contributed by atoms with Crippen LogP contribution in [0.25, 0.3) is 0 Å². The van der Waals surface area contributed by atoms with Gasteiger partial charge in [-0.2, -0.15) is 0 Å². The minimum atomic E-state index is 0. The van der Waals surface area contributed by atoms with Gasteiger partial charge in [-0.05, 0) is 126 Å². The Balaban J connectivity index is 0. The van der Waals surface area contributed by atoms with Crippen LogP contribution in [0.1, 0.15) is 143 Å². The van der Waals surface area contributed by atoms with Gasteiger partial charge in [-0.25, -0.2) is 4.98 Å². The Hall–Kier alpha value is -1.69. The minimum Gasteiger partial charge on any atom is -1.00 e. The summed E-state index contributed by atoms with van der Waals surface area (Å²) in [5.74, 6) is 0. The molecule has 3 aromatic rings. The quantitative estimate of drug-likeness (QED) is 0.208. The maximum atomic E-state index is 5.32. The van der Waals surface area contributed by atoms with E-state index >= 15 is 0 Å². The monoisotopic (exact) mass is 743 g/mol. The maximum absolute atomic E-state index is 5.32. The largest absolute Gasteiger partial charge is 3.00 e. The molecule has 7 heteroatoms. The molecule has 0 N–H and O–H groups in total. The molecule has 3 rings (SSSR count). The Morgan fingerprint density at radius 1 is 0.489 bits per heavy atom. The van der Waals surface area contributed by atoms with E-state index in [4.69, 9.17) is 15.0 Å². The second kappa shape index (κ2) is 24.4. The van der Waals surface area contributed by atoms with Crippen LogP contribution in [0, 0.1) is 20.8 Å². The third kappa shape index (κ3) is 14.4. The molecule has 1 heterocycles. The van der Waals surface area contributed by atoms with Crippen molar-refractivity contribution < 1.29 is 54.0 Å². The van der Waals surface area contributed by atoms with Gasteiger partial charge < -0.3 is 37.2 Å². The summed E-state index contributed by atoms with van der Waals surface area (Å²) in [5, 5.41) is 0. The van der Waals surface area contributed by atoms with Crippen LogP contribution in [0.15, 0.2) is 46.4 Å². The predicted octanol–water partition coefficient (Wildman–Crippen LogP) is 2.67. The van der Waals surface area contributed by atoms with Crippen LogP contribution in [-0.4, -0.2) is 16.4 Å². The molecular weight excluding hydrogens is 688 g/mol. The van der Waals surface area contributed by atoms with Gasteiger partial charge in [0.25, 0.3) is 0 Å². The summed E-state index contributed by atoms with van der Waals surface area (Å²) in [6, 6.07) is 13.7. The number of aromatic nitrogens is 1. The summed E-state index contributed by atoms with van der Waals surface area (Å²) in [7, 11) is 0. The number of halogens is 3. The Morgan fingerprint density at radius 3 is 1.00 bits per heavy atom. The Morgan fingerprint density at radius 2 is 0.745 bits per heavy atom. The van der Waals surface area contributed by atoms with Crippen LogP contribution in [0.2, 0.25) is 0 Å². The molecule has 0 saturated carbocycles. The molecule has 0 radical (unpaired) electrons. The molecule has 0 atom stereocenters. The number of unbranched alkanes of at least 4 members (excludes halogenated alkanes) is 4. The van der Waals surface area contributed by atoms with Crippen molar-refractivity contribution in [3.8, 4) is 0 Å². The van der Waals surface area contributed by atoms with Gasteiger partial charge in [0.05, 0.1) is 34.2 Å². The summed E-state index contributed by atoms with van der Waals surface area (Å²) in [5.41, 5.74) is 15.5. The first-order valence-corrected chi connectivity index (χ1v) is 17.0. The average Bonchev–Trinajstić information content (AvgIpc) is 2.98. The van der Waals surface area contributed by atoms with Crippen LogP contribution in [0.4, 0.5) is 11.4 Å². The fourth-order valence-electron chi connectivity index (χ4n) is 5.87. The molecule has 0 unspecified atom stereocenters. The number of aryl methyl sites for hydroxylation is 7. The molecule has 0 spiro atoms. The van der Waals surface area contributed by atoms with E-state index in [1.165, 1.54) is 102 Å². The normalized spacial score (nSPS) is 11.3. The molecule has 3 nitrogen and oxygen atoms in total. The summed E-state index contributed by atoms with van der Waals surface area (Å²) >= 11 is 0. The van der Waals surface area contributed by atoms with Gasteiger partial charge in [0, 0.05) is 0 Å². The Kier molecular flexibility index (Phi) is 24.7. The van der Waals surface area contributed by atoms with Gasteiger partial charge in [0.1, 0.15) is 0 Å². The number of hydrogen-bond donors (Lipinski definition) is 0. The number of aliphatic imine (C=N–C) groups is 2. The van der Waals surface area contributed by atoms with Crippen molar-refractivity contribution in [3.05, 3.63) is 86.7 Å². The summed E-state index contributed by atoms with van der Waals surface area (Å²) in [6.45, 7) is 19.9. The molecule has 2 aromatic carbocycles. The van der Waals surface area contributed by atoms with Gasteiger partial charge in [-0.1, -0.05) is 88.8 Å². The Bertz CT molecular complexity index is 1270. The van der Waals surface area contributed by atoms with Crippen LogP contribution < -0.4 is 37.2 Å². The first-order chi connectivity index (χ1) is 20.7. The molecule has 0 aliphatic carbocycles. The molecule has 47 heavy (non-hydrogen) atoms. The fraction of sp³-hybridized carbons (Fsp3) is 0.525. The van der Waals surface area contributed by atoms with Crippen LogP contribution in [-0.2, 0) is 42.5 Å². The van der Waals surface area contributed by atoms with E-state index in [-0.39, 0.29) is 54.0 Å². The predicted molar refractivity (Wildman–Crippen MR) is 190 cm³/mol. The molecule has 0 fully saturated rings. The van der Waals surface area contributed by atoms with Gasteiger partial charge in [0.15, 0.2) is 0 Å². The van der Waals surface area contributed by atoms with Crippen molar-refractivity contribution in [3.63, 3.8) is 0 Å². The molecule has 0 bridgehead atoms. The van der Waals surface area contributed by atoms with Crippen molar-refractivity contribution >= 4 is 22.8 Å². The van der Waals surface area contributed by atoms with Gasteiger partial charge in [-0.15, -0.1) is 0 Å². The van der Waals surface area contributed by atoms with Gasteiger partial charge in [-0.3, -0.25) is 9.98 Å². The van der Waals surface area contributed by atoms with Gasteiger partial charge >= 0.3 is 16.8 Å². The van der Waals surface area contributed by atoms with E-state index in [0.29, 0.717) is 0 Å².